The molecule has 2 aliphatic rings. The molecule has 0 amide bonds. The molecule has 114 valence electrons. The molecule has 0 radical (unpaired) electrons. The molecule has 4 nitrogen and oxygen atoms in total. The second-order valence-electron chi connectivity index (χ2n) is 6.09. The number of aromatic nitrogens is 1. The van der Waals surface area contributed by atoms with Gasteiger partial charge in [-0.25, -0.2) is 4.98 Å². The van der Waals surface area contributed by atoms with Crippen LogP contribution in [0.2, 0.25) is 0 Å². The summed E-state index contributed by atoms with van der Waals surface area (Å²) in [7, 11) is 0. The predicted molar refractivity (Wildman–Crippen MR) is 89.3 cm³/mol. The van der Waals surface area contributed by atoms with E-state index >= 15 is 0 Å². The lowest BCUT2D eigenvalue weighted by Gasteiger charge is -2.30. The summed E-state index contributed by atoms with van der Waals surface area (Å²) >= 11 is 0. The minimum Gasteiger partial charge on any atom is -0.460 e. The van der Waals surface area contributed by atoms with Gasteiger partial charge in [0.25, 0.3) is 0 Å². The van der Waals surface area contributed by atoms with Gasteiger partial charge in [-0.1, -0.05) is 31.2 Å². The van der Waals surface area contributed by atoms with Crippen molar-refractivity contribution in [2.24, 2.45) is 5.92 Å². The van der Waals surface area contributed by atoms with Gasteiger partial charge in [0.15, 0.2) is 5.58 Å². The molecule has 1 saturated heterocycles. The molecule has 0 bridgehead atoms. The Hall–Kier alpha value is -2.07. The summed E-state index contributed by atoms with van der Waals surface area (Å²) in [5.74, 6) is 0.809. The molecule has 2 atom stereocenters. The highest BCUT2D eigenvalue weighted by Crippen LogP contribution is 2.34. The smallest absolute Gasteiger partial charge is 0.175 e. The molecule has 2 aromatic rings. The molecule has 0 saturated carbocycles. The first-order valence-electron chi connectivity index (χ1n) is 8.02. The molecule has 3 heterocycles. The van der Waals surface area contributed by atoms with Crippen molar-refractivity contribution in [3.05, 3.63) is 48.4 Å². The Morgan fingerprint density at radius 2 is 2.05 bits per heavy atom. The van der Waals surface area contributed by atoms with Crippen LogP contribution in [0.15, 0.2) is 47.1 Å². The van der Waals surface area contributed by atoms with E-state index in [2.05, 4.69) is 47.5 Å². The summed E-state index contributed by atoms with van der Waals surface area (Å²) in [6.07, 6.45) is 10.5. The van der Waals surface area contributed by atoms with Gasteiger partial charge in [-0.05, 0) is 12.0 Å². The number of allylic oxidation sites excluding steroid dienone is 4. The monoisotopic (exact) mass is 295 g/mol. The summed E-state index contributed by atoms with van der Waals surface area (Å²) < 4.78 is 5.71. The van der Waals surface area contributed by atoms with E-state index in [4.69, 9.17) is 9.40 Å². The highest BCUT2D eigenvalue weighted by atomic mass is 16.3. The van der Waals surface area contributed by atoms with E-state index in [0.29, 0.717) is 11.8 Å². The highest BCUT2D eigenvalue weighted by molar-refractivity contribution is 5.87. The number of pyridine rings is 1. The summed E-state index contributed by atoms with van der Waals surface area (Å²) in [5.41, 5.74) is 4.19. The zero-order valence-electron chi connectivity index (χ0n) is 12.8. The molecule has 4 rings (SSSR count). The Morgan fingerprint density at radius 1 is 1.23 bits per heavy atom. The second-order valence-corrected chi connectivity index (χ2v) is 6.09. The van der Waals surface area contributed by atoms with Crippen LogP contribution in [-0.4, -0.2) is 31.2 Å². The van der Waals surface area contributed by atoms with Crippen molar-refractivity contribution in [1.82, 2.24) is 10.3 Å². The van der Waals surface area contributed by atoms with Crippen LogP contribution in [0, 0.1) is 5.92 Å². The summed E-state index contributed by atoms with van der Waals surface area (Å²) in [6, 6.07) is 4.19. The van der Waals surface area contributed by atoms with E-state index in [1.165, 1.54) is 5.69 Å². The van der Waals surface area contributed by atoms with E-state index in [0.717, 1.165) is 43.0 Å². The van der Waals surface area contributed by atoms with Crippen molar-refractivity contribution < 1.29 is 4.42 Å². The van der Waals surface area contributed by atoms with Gasteiger partial charge in [-0.15, -0.1) is 0 Å². The average molecular weight is 295 g/mol. The predicted octanol–water partition coefficient (Wildman–Crippen LogP) is 3.08. The largest absolute Gasteiger partial charge is 0.460 e. The van der Waals surface area contributed by atoms with Gasteiger partial charge in [0.2, 0.25) is 0 Å². The van der Waals surface area contributed by atoms with Crippen molar-refractivity contribution >= 4 is 16.8 Å². The van der Waals surface area contributed by atoms with Crippen LogP contribution in [0.4, 0.5) is 5.69 Å². The summed E-state index contributed by atoms with van der Waals surface area (Å²) in [5, 5.41) is 3.40. The zero-order valence-corrected chi connectivity index (χ0v) is 12.8. The minimum absolute atomic E-state index is 0.339. The van der Waals surface area contributed by atoms with Crippen LogP contribution in [0.1, 0.15) is 18.5 Å². The number of rotatable bonds is 2. The van der Waals surface area contributed by atoms with Crippen molar-refractivity contribution in [3.8, 4) is 0 Å². The molecule has 2 unspecified atom stereocenters. The zero-order chi connectivity index (χ0) is 14.9. The van der Waals surface area contributed by atoms with Gasteiger partial charge in [0.05, 0.1) is 17.6 Å². The van der Waals surface area contributed by atoms with Crippen LogP contribution in [0.25, 0.3) is 11.1 Å². The van der Waals surface area contributed by atoms with Gasteiger partial charge in [-0.3, -0.25) is 0 Å². The van der Waals surface area contributed by atoms with E-state index < -0.39 is 0 Å². The van der Waals surface area contributed by atoms with Crippen LogP contribution < -0.4 is 10.2 Å². The lowest BCUT2D eigenvalue weighted by atomic mass is 9.87. The lowest BCUT2D eigenvalue weighted by Crippen LogP contribution is -2.43. The molecule has 1 aliphatic carbocycles. The summed E-state index contributed by atoms with van der Waals surface area (Å²) in [4.78, 5) is 7.25. The Morgan fingerprint density at radius 3 is 2.86 bits per heavy atom. The van der Waals surface area contributed by atoms with Gasteiger partial charge in [0.1, 0.15) is 5.52 Å². The number of hydrogen-bond donors (Lipinski definition) is 1. The first-order valence-corrected chi connectivity index (χ1v) is 8.02. The normalized spacial score (nSPS) is 25.0. The van der Waals surface area contributed by atoms with Crippen molar-refractivity contribution in [2.45, 2.75) is 12.8 Å². The molecular weight excluding hydrogens is 274 g/mol. The number of furan rings is 1. The van der Waals surface area contributed by atoms with Crippen LogP contribution >= 0.6 is 0 Å². The Kier molecular flexibility index (Phi) is 3.47. The molecule has 0 spiro atoms. The topological polar surface area (TPSA) is 41.3 Å². The Labute approximate surface area is 130 Å². The number of piperazine rings is 1. The fourth-order valence-corrected chi connectivity index (χ4v) is 3.36. The number of nitrogens with zero attached hydrogens (tertiary/aromatic N) is 2. The first kappa shape index (κ1) is 13.6. The maximum Gasteiger partial charge on any atom is 0.175 e. The standard InChI is InChI=1S/C18H21N3O/c1-13-4-2-3-5-14(13)16-12-17(21-9-7-19-8-10-21)18-15(20-16)6-11-22-18/h2-6,11-14,19H,7-10H2,1H3. The molecule has 4 heteroatoms. The molecule has 1 fully saturated rings. The third kappa shape index (κ3) is 2.33. The number of fused-ring (bicyclic) bond motifs is 1. The minimum atomic E-state index is 0.339. The quantitative estimate of drug-likeness (QED) is 0.924. The van der Waals surface area contributed by atoms with Crippen LogP contribution in [0.3, 0.4) is 0 Å². The van der Waals surface area contributed by atoms with Crippen molar-refractivity contribution in [1.29, 1.82) is 0 Å². The third-order valence-corrected chi connectivity index (χ3v) is 4.62. The van der Waals surface area contributed by atoms with Gasteiger partial charge in [-0.2, -0.15) is 0 Å². The van der Waals surface area contributed by atoms with Gasteiger partial charge in [0, 0.05) is 38.2 Å². The summed E-state index contributed by atoms with van der Waals surface area (Å²) in [6.45, 7) is 6.30. The second kappa shape index (κ2) is 5.61. The van der Waals surface area contributed by atoms with Crippen molar-refractivity contribution in [2.75, 3.05) is 31.1 Å². The number of anilines is 1. The maximum absolute atomic E-state index is 5.71. The average Bonchev–Trinajstić information content (AvgIpc) is 3.03. The lowest BCUT2D eigenvalue weighted by molar-refractivity contribution is 0.576. The van der Waals surface area contributed by atoms with E-state index in [1.54, 1.807) is 6.26 Å². The maximum atomic E-state index is 5.71. The molecule has 1 N–H and O–H groups in total. The van der Waals surface area contributed by atoms with Gasteiger partial charge >= 0.3 is 0 Å². The number of hydrogen-bond acceptors (Lipinski definition) is 4. The van der Waals surface area contributed by atoms with E-state index in [1.807, 2.05) is 6.07 Å². The third-order valence-electron chi connectivity index (χ3n) is 4.62. The SMILES string of the molecule is CC1C=CC=CC1c1cc(N2CCNCC2)c2occc2n1. The molecule has 0 aromatic carbocycles. The van der Waals surface area contributed by atoms with Crippen LogP contribution in [-0.2, 0) is 0 Å². The van der Waals surface area contributed by atoms with E-state index in [9.17, 15) is 0 Å². The molecule has 2 aromatic heterocycles. The molecular formula is C18H21N3O. The Balaban J connectivity index is 1.79. The van der Waals surface area contributed by atoms with Crippen molar-refractivity contribution in [3.63, 3.8) is 0 Å². The fraction of sp³-hybridized carbons (Fsp3) is 0.389. The number of nitrogens with one attached hydrogen (secondary N) is 1. The first-order chi connectivity index (χ1) is 10.8. The van der Waals surface area contributed by atoms with Crippen LogP contribution in [0.5, 0.6) is 0 Å². The van der Waals surface area contributed by atoms with E-state index in [-0.39, 0.29) is 0 Å². The highest BCUT2D eigenvalue weighted by Gasteiger charge is 2.22. The fourth-order valence-electron chi connectivity index (χ4n) is 3.36. The Bertz CT molecular complexity index is 725. The molecule has 22 heavy (non-hydrogen) atoms. The van der Waals surface area contributed by atoms with Gasteiger partial charge < -0.3 is 14.6 Å². The molecule has 1 aliphatic heterocycles.